The second-order valence-electron chi connectivity index (χ2n) is 10.6. The van der Waals surface area contributed by atoms with Crippen molar-refractivity contribution in [1.29, 1.82) is 0 Å². The van der Waals surface area contributed by atoms with E-state index in [9.17, 15) is 19.8 Å². The van der Waals surface area contributed by atoms with Crippen LogP contribution < -0.4 is 0 Å². The number of hydrogen-bond donors (Lipinski definition) is 2. The Balaban J connectivity index is 1.91. The Kier molecular flexibility index (Phi) is 10.9. The maximum absolute atomic E-state index is 13.8. The summed E-state index contributed by atoms with van der Waals surface area (Å²) in [4.78, 5) is 31.4. The van der Waals surface area contributed by atoms with E-state index >= 15 is 0 Å². The molecule has 0 saturated heterocycles. The van der Waals surface area contributed by atoms with Crippen LogP contribution >= 0.6 is 11.3 Å². The van der Waals surface area contributed by atoms with E-state index in [0.717, 1.165) is 28.3 Å². The van der Waals surface area contributed by atoms with Crippen LogP contribution in [0.15, 0.2) is 22.6 Å². The molecule has 2 N–H and O–H groups in total. The Labute approximate surface area is 230 Å². The van der Waals surface area contributed by atoms with Crippen LogP contribution in [0.4, 0.5) is 0 Å². The molecule has 8 heteroatoms. The lowest BCUT2D eigenvalue weighted by molar-refractivity contribution is -0.163. The number of nitrogens with zero attached hydrogens (tertiary/aromatic N) is 1. The number of rotatable bonds is 3. The van der Waals surface area contributed by atoms with Gasteiger partial charge in [0.15, 0.2) is 0 Å². The first kappa shape index (κ1) is 30.2. The lowest BCUT2D eigenvalue weighted by Gasteiger charge is -2.46. The lowest BCUT2D eigenvalue weighted by Crippen LogP contribution is -2.54. The highest BCUT2D eigenvalue weighted by Crippen LogP contribution is 2.48. The molecular formula is C30H41NO6S. The third-order valence-corrected chi connectivity index (χ3v) is 8.61. The number of aliphatic hydroxyl groups is 2. The van der Waals surface area contributed by atoms with Gasteiger partial charge in [0, 0.05) is 18.2 Å². The number of aryl methyl sites for hydroxylation is 1. The van der Waals surface area contributed by atoms with Crippen molar-refractivity contribution >= 4 is 29.2 Å². The Morgan fingerprint density at radius 3 is 2.63 bits per heavy atom. The topological polar surface area (TPSA) is 106 Å². The molecule has 1 fully saturated rings. The molecule has 1 spiro atoms. The Hall–Kier alpha value is -2.31. The van der Waals surface area contributed by atoms with Gasteiger partial charge in [0.25, 0.3) is 0 Å². The second-order valence-corrected chi connectivity index (χ2v) is 11.7. The zero-order chi connectivity index (χ0) is 27.9. The quantitative estimate of drug-likeness (QED) is 0.321. The monoisotopic (exact) mass is 543 g/mol. The SMILES string of the molecule is CC#CC[C@H]1C(=O)C2(CCC2)[C@@H](O)CC(=O)O[C@H](/C(C)=C/c2csc(C)n2)C/C=C(/C)CCO[C@H](C)[C@H]1O. The third-order valence-electron chi connectivity index (χ3n) is 7.81. The molecule has 1 aliphatic carbocycles. The predicted molar refractivity (Wildman–Crippen MR) is 148 cm³/mol. The number of aliphatic hydroxyl groups excluding tert-OH is 2. The largest absolute Gasteiger partial charge is 0.457 e. The number of ketones is 1. The molecule has 2 aliphatic rings. The predicted octanol–water partition coefficient (Wildman–Crippen LogP) is 4.79. The Bertz CT molecular complexity index is 1110. The van der Waals surface area contributed by atoms with E-state index in [2.05, 4.69) is 16.8 Å². The van der Waals surface area contributed by atoms with Gasteiger partial charge in [-0.1, -0.05) is 18.1 Å². The molecule has 5 atom stereocenters. The molecule has 1 aliphatic heterocycles. The van der Waals surface area contributed by atoms with Crippen molar-refractivity contribution in [3.05, 3.63) is 33.3 Å². The molecule has 0 unspecified atom stereocenters. The summed E-state index contributed by atoms with van der Waals surface area (Å²) in [7, 11) is 0. The first-order valence-electron chi connectivity index (χ1n) is 13.4. The molecule has 3 rings (SSSR count). The lowest BCUT2D eigenvalue weighted by atomic mass is 9.58. The second kappa shape index (κ2) is 13.7. The summed E-state index contributed by atoms with van der Waals surface area (Å²) in [5, 5.41) is 25.2. The van der Waals surface area contributed by atoms with E-state index in [0.29, 0.717) is 32.3 Å². The molecule has 0 radical (unpaired) electrons. The minimum atomic E-state index is -1.20. The van der Waals surface area contributed by atoms with Crippen LogP contribution in [-0.4, -0.2) is 58.0 Å². The smallest absolute Gasteiger partial charge is 0.309 e. The number of aromatic nitrogens is 1. The molecular weight excluding hydrogens is 502 g/mol. The van der Waals surface area contributed by atoms with Gasteiger partial charge in [0.05, 0.1) is 53.4 Å². The van der Waals surface area contributed by atoms with E-state index < -0.39 is 41.7 Å². The highest BCUT2D eigenvalue weighted by molar-refractivity contribution is 7.09. The fourth-order valence-corrected chi connectivity index (χ4v) is 5.72. The van der Waals surface area contributed by atoms with Crippen LogP contribution in [0, 0.1) is 30.1 Å². The molecule has 208 valence electrons. The number of hydrogen-bond acceptors (Lipinski definition) is 8. The van der Waals surface area contributed by atoms with Crippen molar-refractivity contribution < 1.29 is 29.3 Å². The van der Waals surface area contributed by atoms with E-state index in [1.54, 1.807) is 25.2 Å². The van der Waals surface area contributed by atoms with Crippen LogP contribution in [0.3, 0.4) is 0 Å². The average Bonchev–Trinajstić information content (AvgIpc) is 3.24. The van der Waals surface area contributed by atoms with Gasteiger partial charge in [-0.3, -0.25) is 9.59 Å². The van der Waals surface area contributed by atoms with E-state index in [1.165, 1.54) is 0 Å². The molecule has 7 nitrogen and oxygen atoms in total. The third kappa shape index (κ3) is 7.41. The Morgan fingerprint density at radius 2 is 2.03 bits per heavy atom. The van der Waals surface area contributed by atoms with Crippen molar-refractivity contribution in [3.8, 4) is 11.8 Å². The molecule has 38 heavy (non-hydrogen) atoms. The maximum Gasteiger partial charge on any atom is 0.309 e. The van der Waals surface area contributed by atoms with Crippen molar-refractivity contribution in [2.24, 2.45) is 11.3 Å². The summed E-state index contributed by atoms with van der Waals surface area (Å²) in [6.07, 6.45) is 3.27. The summed E-state index contributed by atoms with van der Waals surface area (Å²) < 4.78 is 11.8. The van der Waals surface area contributed by atoms with Crippen molar-refractivity contribution in [1.82, 2.24) is 4.98 Å². The van der Waals surface area contributed by atoms with Crippen molar-refractivity contribution in [3.63, 3.8) is 0 Å². The van der Waals surface area contributed by atoms with Crippen molar-refractivity contribution in [2.75, 3.05) is 6.61 Å². The number of Topliss-reactive ketones (excluding diaryl/α,β-unsaturated/α-hetero) is 1. The molecule has 1 saturated carbocycles. The average molecular weight is 544 g/mol. The van der Waals surface area contributed by atoms with E-state index in [4.69, 9.17) is 9.47 Å². The number of carbonyl (C=O) groups excluding carboxylic acids is 2. The molecule has 1 aromatic heterocycles. The van der Waals surface area contributed by atoms with Gasteiger partial charge in [0.1, 0.15) is 11.9 Å². The van der Waals surface area contributed by atoms with Gasteiger partial charge < -0.3 is 19.7 Å². The first-order chi connectivity index (χ1) is 18.1. The number of ether oxygens (including phenoxy) is 2. The molecule has 0 aromatic carbocycles. The number of esters is 1. The maximum atomic E-state index is 13.8. The Morgan fingerprint density at radius 1 is 1.29 bits per heavy atom. The zero-order valence-corrected chi connectivity index (χ0v) is 24.0. The fourth-order valence-electron chi connectivity index (χ4n) is 5.15. The minimum absolute atomic E-state index is 0.171. The van der Waals surface area contributed by atoms with Gasteiger partial charge in [-0.15, -0.1) is 23.2 Å². The zero-order valence-electron chi connectivity index (χ0n) is 23.2. The summed E-state index contributed by atoms with van der Waals surface area (Å²) in [5.74, 6) is 4.12. The van der Waals surface area contributed by atoms with Crippen LogP contribution in [0.2, 0.25) is 0 Å². The summed E-state index contributed by atoms with van der Waals surface area (Å²) >= 11 is 1.55. The van der Waals surface area contributed by atoms with Crippen LogP contribution in [0.1, 0.15) is 83.3 Å². The number of thiazole rings is 1. The minimum Gasteiger partial charge on any atom is -0.457 e. The van der Waals surface area contributed by atoms with Gasteiger partial charge in [-0.2, -0.15) is 0 Å². The van der Waals surface area contributed by atoms with Crippen LogP contribution in [0.5, 0.6) is 0 Å². The number of carbonyl (C=O) groups is 2. The van der Waals surface area contributed by atoms with Gasteiger partial charge in [0.2, 0.25) is 0 Å². The highest BCUT2D eigenvalue weighted by atomic mass is 32.1. The van der Waals surface area contributed by atoms with Gasteiger partial charge in [-0.25, -0.2) is 4.98 Å². The first-order valence-corrected chi connectivity index (χ1v) is 14.3. The number of cyclic esters (lactones) is 1. The van der Waals surface area contributed by atoms with E-state index in [1.807, 2.05) is 38.3 Å². The molecule has 0 amide bonds. The molecule has 0 bridgehead atoms. The summed E-state index contributed by atoms with van der Waals surface area (Å²) in [5.41, 5.74) is 1.64. The normalized spacial score (nSPS) is 31.0. The molecule has 1 aromatic rings. The molecule has 2 heterocycles. The highest BCUT2D eigenvalue weighted by Gasteiger charge is 2.53. The van der Waals surface area contributed by atoms with Crippen LogP contribution in [-0.2, 0) is 19.1 Å². The van der Waals surface area contributed by atoms with Crippen molar-refractivity contribution in [2.45, 2.75) is 104 Å². The summed E-state index contributed by atoms with van der Waals surface area (Å²) in [6, 6.07) is 0. The van der Waals surface area contributed by atoms with E-state index in [-0.39, 0.29) is 18.6 Å². The summed E-state index contributed by atoms with van der Waals surface area (Å²) in [6.45, 7) is 9.67. The standard InChI is InChI=1S/C30H41NO6S/c1-6-7-9-24-28(34)21(4)36-15-12-19(2)10-11-25(20(3)16-23-18-38-22(5)31-23)37-27(33)17-26(32)30(29(24)35)13-8-14-30/h10,16,18,21,24-26,28,32,34H,8-9,11-15,17H2,1-5H3/b19-10-,20-16+/t21-,24-,25+,26+,28-/m1/s1. The van der Waals surface area contributed by atoms with Gasteiger partial charge >= 0.3 is 5.97 Å². The fraction of sp³-hybridized carbons (Fsp3) is 0.633. The van der Waals surface area contributed by atoms with Gasteiger partial charge in [-0.05, 0) is 65.5 Å². The van der Waals surface area contributed by atoms with Crippen LogP contribution in [0.25, 0.3) is 6.08 Å².